The van der Waals surface area contributed by atoms with E-state index in [1.54, 1.807) is 21.3 Å². The molecule has 0 bridgehead atoms. The third-order valence-electron chi connectivity index (χ3n) is 4.80. The molecule has 0 aromatic rings. The quantitative estimate of drug-likeness (QED) is 0.146. The van der Waals surface area contributed by atoms with E-state index in [4.69, 9.17) is 41.1 Å². The molecule has 2 aliphatic rings. The number of epoxide rings is 2. The molecule has 0 spiro atoms. The first-order valence-corrected chi connectivity index (χ1v) is 15.1. The SMILES string of the molecule is CCO[SiH](CCCCOCC1CO1)OCC.CO[Si](CCCOCC1CO1)(OC)OC. The first-order valence-electron chi connectivity index (χ1n) is 11.4. The van der Waals surface area contributed by atoms with Crippen LogP contribution in [0.15, 0.2) is 0 Å². The lowest BCUT2D eigenvalue weighted by molar-refractivity contribution is 0.100. The molecule has 0 saturated carbocycles. The molecule has 2 heterocycles. The van der Waals surface area contributed by atoms with Crippen LogP contribution in [0.25, 0.3) is 0 Å². The summed E-state index contributed by atoms with van der Waals surface area (Å²) in [6, 6.07) is 1.87. The van der Waals surface area contributed by atoms with Crippen LogP contribution in [-0.2, 0) is 41.1 Å². The molecule has 2 atom stereocenters. The lowest BCUT2D eigenvalue weighted by Crippen LogP contribution is -2.42. The van der Waals surface area contributed by atoms with Gasteiger partial charge in [-0.15, -0.1) is 0 Å². The zero-order chi connectivity index (χ0) is 22.8. The molecular formula is C20H44O9Si2. The first-order chi connectivity index (χ1) is 15.1. The van der Waals surface area contributed by atoms with Crippen LogP contribution in [0.2, 0.25) is 12.1 Å². The van der Waals surface area contributed by atoms with Gasteiger partial charge in [-0.25, -0.2) is 0 Å². The molecule has 2 saturated heterocycles. The Hall–Kier alpha value is 0.0738. The number of hydrogen-bond donors (Lipinski definition) is 0. The smallest absolute Gasteiger partial charge is 0.397 e. The second kappa shape index (κ2) is 18.5. The molecule has 2 unspecified atom stereocenters. The molecule has 11 heteroatoms. The normalized spacial score (nSPS) is 19.9. The van der Waals surface area contributed by atoms with E-state index < -0.39 is 18.1 Å². The van der Waals surface area contributed by atoms with Gasteiger partial charge in [-0.05, 0) is 39.2 Å². The molecular weight excluding hydrogens is 440 g/mol. The molecule has 2 fully saturated rings. The molecule has 0 aromatic carbocycles. The van der Waals surface area contributed by atoms with Crippen molar-refractivity contribution in [2.24, 2.45) is 0 Å². The van der Waals surface area contributed by atoms with Gasteiger partial charge in [-0.2, -0.15) is 0 Å². The Balaban J connectivity index is 0.000000311. The zero-order valence-electron chi connectivity index (χ0n) is 20.1. The second-order valence-electron chi connectivity index (χ2n) is 7.30. The molecule has 0 aliphatic carbocycles. The number of hydrogen-bond acceptors (Lipinski definition) is 9. The van der Waals surface area contributed by atoms with E-state index in [2.05, 4.69) is 0 Å². The van der Waals surface area contributed by atoms with E-state index in [9.17, 15) is 0 Å². The molecule has 2 rings (SSSR count). The van der Waals surface area contributed by atoms with Crippen molar-refractivity contribution in [2.45, 2.75) is 57.4 Å². The van der Waals surface area contributed by atoms with Gasteiger partial charge < -0.3 is 41.1 Å². The molecule has 2 aliphatic heterocycles. The van der Waals surface area contributed by atoms with Crippen LogP contribution in [0, 0.1) is 0 Å². The summed E-state index contributed by atoms with van der Waals surface area (Å²) in [6.45, 7) is 10.3. The van der Waals surface area contributed by atoms with Gasteiger partial charge in [0.1, 0.15) is 12.2 Å². The van der Waals surface area contributed by atoms with E-state index in [1.165, 1.54) is 0 Å². The third kappa shape index (κ3) is 15.5. The minimum absolute atomic E-state index is 0.333. The van der Waals surface area contributed by atoms with E-state index >= 15 is 0 Å². The van der Waals surface area contributed by atoms with Gasteiger partial charge in [-0.3, -0.25) is 0 Å². The van der Waals surface area contributed by atoms with Crippen LogP contribution in [0.4, 0.5) is 0 Å². The molecule has 0 aromatic heterocycles. The van der Waals surface area contributed by atoms with Crippen molar-refractivity contribution in [3.8, 4) is 0 Å². The Morgan fingerprint density at radius 1 is 0.774 bits per heavy atom. The van der Waals surface area contributed by atoms with Crippen molar-refractivity contribution >= 4 is 18.1 Å². The van der Waals surface area contributed by atoms with Crippen molar-refractivity contribution in [1.29, 1.82) is 0 Å². The largest absolute Gasteiger partial charge is 0.500 e. The average Bonchev–Trinajstić information content (AvgIpc) is 3.70. The Kier molecular flexibility index (Phi) is 17.4. The zero-order valence-corrected chi connectivity index (χ0v) is 22.3. The number of rotatable bonds is 20. The molecule has 0 amide bonds. The van der Waals surface area contributed by atoms with Crippen molar-refractivity contribution in [3.05, 3.63) is 0 Å². The summed E-state index contributed by atoms with van der Waals surface area (Å²) in [4.78, 5) is 0. The average molecular weight is 485 g/mol. The molecule has 0 N–H and O–H groups in total. The monoisotopic (exact) mass is 484 g/mol. The third-order valence-corrected chi connectivity index (χ3v) is 9.92. The summed E-state index contributed by atoms with van der Waals surface area (Å²) < 4.78 is 48.0. The van der Waals surface area contributed by atoms with Gasteiger partial charge in [-0.1, -0.05) is 0 Å². The topological polar surface area (TPSA) is 89.7 Å². The van der Waals surface area contributed by atoms with Crippen LogP contribution in [0.3, 0.4) is 0 Å². The van der Waals surface area contributed by atoms with Crippen molar-refractivity contribution in [3.63, 3.8) is 0 Å². The predicted molar refractivity (Wildman–Crippen MR) is 122 cm³/mol. The molecule has 9 nitrogen and oxygen atoms in total. The highest BCUT2D eigenvalue weighted by Crippen LogP contribution is 2.15. The van der Waals surface area contributed by atoms with Crippen LogP contribution in [0.5, 0.6) is 0 Å². The van der Waals surface area contributed by atoms with Crippen molar-refractivity contribution in [1.82, 2.24) is 0 Å². The van der Waals surface area contributed by atoms with E-state index in [1.807, 2.05) is 13.8 Å². The Labute approximate surface area is 191 Å². The van der Waals surface area contributed by atoms with Gasteiger partial charge in [0.2, 0.25) is 0 Å². The molecule has 31 heavy (non-hydrogen) atoms. The van der Waals surface area contributed by atoms with Crippen LogP contribution < -0.4 is 0 Å². The molecule has 0 radical (unpaired) electrons. The highest BCUT2D eigenvalue weighted by Gasteiger charge is 2.36. The summed E-state index contributed by atoms with van der Waals surface area (Å²) in [5.74, 6) is 0. The summed E-state index contributed by atoms with van der Waals surface area (Å²) >= 11 is 0. The van der Waals surface area contributed by atoms with Crippen LogP contribution >= 0.6 is 0 Å². The minimum Gasteiger partial charge on any atom is -0.397 e. The van der Waals surface area contributed by atoms with E-state index in [-0.39, 0.29) is 0 Å². The highest BCUT2D eigenvalue weighted by molar-refractivity contribution is 6.60. The van der Waals surface area contributed by atoms with Gasteiger partial charge in [0.25, 0.3) is 0 Å². The van der Waals surface area contributed by atoms with Gasteiger partial charge >= 0.3 is 18.1 Å². The predicted octanol–water partition coefficient (Wildman–Crippen LogP) is 2.15. The maximum absolute atomic E-state index is 5.59. The van der Waals surface area contributed by atoms with Crippen LogP contribution in [0.1, 0.15) is 33.1 Å². The fraction of sp³-hybridized carbons (Fsp3) is 1.00. The number of ether oxygens (including phenoxy) is 4. The summed E-state index contributed by atoms with van der Waals surface area (Å²) in [7, 11) is 1.11. The number of unbranched alkanes of at least 4 members (excludes halogenated alkanes) is 1. The van der Waals surface area contributed by atoms with E-state index in [0.717, 1.165) is 71.0 Å². The summed E-state index contributed by atoms with van der Waals surface area (Å²) in [6.07, 6.45) is 3.83. The molecule has 186 valence electrons. The van der Waals surface area contributed by atoms with Gasteiger partial charge in [0, 0.05) is 53.8 Å². The van der Waals surface area contributed by atoms with Gasteiger partial charge in [0.15, 0.2) is 0 Å². The van der Waals surface area contributed by atoms with Crippen molar-refractivity contribution < 1.29 is 41.1 Å². The maximum Gasteiger partial charge on any atom is 0.500 e. The summed E-state index contributed by atoms with van der Waals surface area (Å²) in [5.41, 5.74) is 0. The Morgan fingerprint density at radius 3 is 1.68 bits per heavy atom. The Morgan fingerprint density at radius 2 is 1.26 bits per heavy atom. The fourth-order valence-electron chi connectivity index (χ4n) is 2.81. The first kappa shape index (κ1) is 29.1. The van der Waals surface area contributed by atoms with Gasteiger partial charge in [0.05, 0.1) is 26.4 Å². The maximum atomic E-state index is 5.59. The van der Waals surface area contributed by atoms with E-state index in [0.29, 0.717) is 25.4 Å². The second-order valence-corrected chi connectivity index (χ2v) is 12.5. The van der Waals surface area contributed by atoms with Crippen LogP contribution in [-0.4, -0.2) is 104 Å². The summed E-state index contributed by atoms with van der Waals surface area (Å²) in [5, 5.41) is 0. The minimum atomic E-state index is -2.39. The Bertz CT molecular complexity index is 394. The standard InChI is InChI=1S/C11H24O4Si.C9H20O5Si/c1-3-14-16(15-4-2)8-6-5-7-12-9-11-10-13-11;1-10-15(11-2,12-3)6-4-5-13-7-9-8-14-9/h11,16H,3-10H2,1-2H3;9H,4-8H2,1-3H3. The lowest BCUT2D eigenvalue weighted by atomic mass is 10.3. The lowest BCUT2D eigenvalue weighted by Gasteiger charge is -2.24. The fourth-order valence-corrected chi connectivity index (χ4v) is 6.29. The highest BCUT2D eigenvalue weighted by atomic mass is 28.4. The van der Waals surface area contributed by atoms with Crippen molar-refractivity contribution in [2.75, 3.05) is 74.2 Å².